The van der Waals surface area contributed by atoms with Crippen LogP contribution in [0.1, 0.15) is 20.3 Å². The van der Waals surface area contributed by atoms with E-state index < -0.39 is 4.92 Å². The van der Waals surface area contributed by atoms with Crippen LogP contribution in [-0.2, 0) is 0 Å². The standard InChI is InChI=1S/C13H19N3O3/c1-9(2)15-6-5-10(8-15)14-12-4-3-11(17)7-13(12)16(18)19/h3-4,7,9-10,14,17H,5-6,8H2,1-2H3. The van der Waals surface area contributed by atoms with Crippen molar-refractivity contribution in [1.82, 2.24) is 4.90 Å². The van der Waals surface area contributed by atoms with Gasteiger partial charge in [0.15, 0.2) is 0 Å². The summed E-state index contributed by atoms with van der Waals surface area (Å²) in [7, 11) is 0. The van der Waals surface area contributed by atoms with Gasteiger partial charge in [0.1, 0.15) is 11.4 Å². The van der Waals surface area contributed by atoms with Gasteiger partial charge < -0.3 is 10.4 Å². The fourth-order valence-corrected chi connectivity index (χ4v) is 2.39. The Morgan fingerprint density at radius 1 is 1.53 bits per heavy atom. The highest BCUT2D eigenvalue weighted by Crippen LogP contribution is 2.30. The summed E-state index contributed by atoms with van der Waals surface area (Å²) in [5.74, 6) is -0.0903. The van der Waals surface area contributed by atoms with Crippen LogP contribution in [0.3, 0.4) is 0 Å². The van der Waals surface area contributed by atoms with Crippen molar-refractivity contribution in [2.45, 2.75) is 32.4 Å². The second-order valence-electron chi connectivity index (χ2n) is 5.18. The molecule has 0 bridgehead atoms. The van der Waals surface area contributed by atoms with E-state index in [1.54, 1.807) is 6.07 Å². The van der Waals surface area contributed by atoms with Crippen molar-refractivity contribution in [2.75, 3.05) is 18.4 Å². The zero-order chi connectivity index (χ0) is 14.0. The molecule has 6 heteroatoms. The van der Waals surface area contributed by atoms with Crippen LogP contribution >= 0.6 is 0 Å². The maximum Gasteiger partial charge on any atom is 0.296 e. The number of benzene rings is 1. The number of hydrogen-bond donors (Lipinski definition) is 2. The molecule has 1 heterocycles. The molecule has 1 saturated heterocycles. The molecule has 104 valence electrons. The number of nitrogens with one attached hydrogen (secondary N) is 1. The number of hydrogen-bond acceptors (Lipinski definition) is 5. The van der Waals surface area contributed by atoms with Gasteiger partial charge in [0, 0.05) is 25.2 Å². The van der Waals surface area contributed by atoms with Gasteiger partial charge in [-0.15, -0.1) is 0 Å². The van der Waals surface area contributed by atoms with Gasteiger partial charge >= 0.3 is 0 Å². The fraction of sp³-hybridized carbons (Fsp3) is 0.538. The number of rotatable bonds is 4. The Morgan fingerprint density at radius 2 is 2.26 bits per heavy atom. The van der Waals surface area contributed by atoms with Crippen molar-refractivity contribution >= 4 is 11.4 Å². The van der Waals surface area contributed by atoms with Crippen LogP contribution in [0.15, 0.2) is 18.2 Å². The van der Waals surface area contributed by atoms with Crippen LogP contribution in [0, 0.1) is 10.1 Å². The highest BCUT2D eigenvalue weighted by molar-refractivity contribution is 5.64. The van der Waals surface area contributed by atoms with Crippen molar-refractivity contribution in [3.8, 4) is 5.75 Å². The largest absolute Gasteiger partial charge is 0.508 e. The van der Waals surface area contributed by atoms with E-state index in [0.717, 1.165) is 19.5 Å². The highest BCUT2D eigenvalue weighted by atomic mass is 16.6. The molecule has 0 aliphatic carbocycles. The Balaban J connectivity index is 2.10. The summed E-state index contributed by atoms with van der Waals surface area (Å²) in [5, 5.41) is 23.5. The zero-order valence-corrected chi connectivity index (χ0v) is 11.2. The van der Waals surface area contributed by atoms with Crippen molar-refractivity contribution in [1.29, 1.82) is 0 Å². The molecule has 1 unspecified atom stereocenters. The third-order valence-electron chi connectivity index (χ3n) is 3.49. The van der Waals surface area contributed by atoms with E-state index in [1.807, 2.05) is 0 Å². The SMILES string of the molecule is CC(C)N1CCC(Nc2ccc(O)cc2[N+](=O)[O-])C1. The molecule has 0 amide bonds. The van der Waals surface area contributed by atoms with Gasteiger partial charge in [0.05, 0.1) is 11.0 Å². The van der Waals surface area contributed by atoms with Gasteiger partial charge in [-0.2, -0.15) is 0 Å². The molecule has 1 atom stereocenters. The topological polar surface area (TPSA) is 78.6 Å². The molecule has 1 aliphatic rings. The summed E-state index contributed by atoms with van der Waals surface area (Å²) >= 11 is 0. The van der Waals surface area contributed by atoms with Gasteiger partial charge in [0.2, 0.25) is 0 Å². The molecule has 0 radical (unpaired) electrons. The lowest BCUT2D eigenvalue weighted by Gasteiger charge is -2.20. The summed E-state index contributed by atoms with van der Waals surface area (Å²) in [6.07, 6.45) is 0.968. The minimum Gasteiger partial charge on any atom is -0.508 e. The number of nitro groups is 1. The van der Waals surface area contributed by atoms with E-state index in [9.17, 15) is 15.2 Å². The molecule has 2 rings (SSSR count). The molecule has 0 aromatic heterocycles. The van der Waals surface area contributed by atoms with Crippen LogP contribution in [0.25, 0.3) is 0 Å². The molecule has 1 aromatic carbocycles. The Labute approximate surface area is 112 Å². The second kappa shape index (κ2) is 5.44. The first-order chi connectivity index (χ1) is 8.97. The third kappa shape index (κ3) is 3.14. The maximum absolute atomic E-state index is 11.0. The summed E-state index contributed by atoms with van der Waals surface area (Å²) < 4.78 is 0. The number of nitro benzene ring substituents is 1. The average Bonchev–Trinajstić information content (AvgIpc) is 2.80. The Morgan fingerprint density at radius 3 is 2.84 bits per heavy atom. The Kier molecular flexibility index (Phi) is 3.90. The van der Waals surface area contributed by atoms with Gasteiger partial charge in [-0.05, 0) is 32.4 Å². The summed E-state index contributed by atoms with van der Waals surface area (Å²) in [5.41, 5.74) is 0.390. The molecule has 2 N–H and O–H groups in total. The predicted octanol–water partition coefficient (Wildman–Crippen LogP) is 2.20. The maximum atomic E-state index is 11.0. The number of phenolic OH excluding ortho intramolecular Hbond substituents is 1. The zero-order valence-electron chi connectivity index (χ0n) is 11.2. The van der Waals surface area contributed by atoms with Crippen LogP contribution in [0.2, 0.25) is 0 Å². The van der Waals surface area contributed by atoms with Gasteiger partial charge in [-0.3, -0.25) is 15.0 Å². The first-order valence-electron chi connectivity index (χ1n) is 6.45. The van der Waals surface area contributed by atoms with Crippen molar-refractivity contribution in [3.63, 3.8) is 0 Å². The van der Waals surface area contributed by atoms with E-state index in [2.05, 4.69) is 24.1 Å². The van der Waals surface area contributed by atoms with Crippen LogP contribution in [0.5, 0.6) is 5.75 Å². The highest BCUT2D eigenvalue weighted by Gasteiger charge is 2.26. The van der Waals surface area contributed by atoms with E-state index in [1.165, 1.54) is 12.1 Å². The molecule has 19 heavy (non-hydrogen) atoms. The lowest BCUT2D eigenvalue weighted by atomic mass is 10.2. The minimum absolute atomic E-state index is 0.0806. The number of anilines is 1. The smallest absolute Gasteiger partial charge is 0.296 e. The van der Waals surface area contributed by atoms with Gasteiger partial charge in [-0.25, -0.2) is 0 Å². The van der Waals surface area contributed by atoms with Crippen LogP contribution in [0.4, 0.5) is 11.4 Å². The van der Waals surface area contributed by atoms with E-state index in [4.69, 9.17) is 0 Å². The molecule has 1 aliphatic heterocycles. The van der Waals surface area contributed by atoms with E-state index in [0.29, 0.717) is 11.7 Å². The number of phenols is 1. The van der Waals surface area contributed by atoms with Gasteiger partial charge in [0.25, 0.3) is 5.69 Å². The molecular weight excluding hydrogens is 246 g/mol. The van der Waals surface area contributed by atoms with Gasteiger partial charge in [-0.1, -0.05) is 0 Å². The van der Waals surface area contributed by atoms with Crippen molar-refractivity contribution < 1.29 is 10.0 Å². The lowest BCUT2D eigenvalue weighted by Crippen LogP contribution is -2.31. The molecule has 1 aromatic rings. The molecule has 0 spiro atoms. The van der Waals surface area contributed by atoms with Crippen molar-refractivity contribution in [2.24, 2.45) is 0 Å². The average molecular weight is 265 g/mol. The van der Waals surface area contributed by atoms with Crippen LogP contribution in [-0.4, -0.2) is 40.1 Å². The van der Waals surface area contributed by atoms with E-state index >= 15 is 0 Å². The number of aromatic hydroxyl groups is 1. The Hall–Kier alpha value is -1.82. The summed E-state index contributed by atoms with van der Waals surface area (Å²) in [4.78, 5) is 12.8. The Bertz CT molecular complexity index is 476. The number of likely N-dealkylation sites (tertiary alicyclic amines) is 1. The quantitative estimate of drug-likeness (QED) is 0.495. The number of nitrogens with zero attached hydrogens (tertiary/aromatic N) is 2. The normalized spacial score (nSPS) is 19.8. The molecule has 6 nitrogen and oxygen atoms in total. The van der Waals surface area contributed by atoms with E-state index in [-0.39, 0.29) is 17.5 Å². The molecule has 0 saturated carbocycles. The lowest BCUT2D eigenvalue weighted by molar-refractivity contribution is -0.384. The summed E-state index contributed by atoms with van der Waals surface area (Å²) in [6, 6.07) is 4.90. The predicted molar refractivity (Wildman–Crippen MR) is 73.5 cm³/mol. The second-order valence-corrected chi connectivity index (χ2v) is 5.18. The monoisotopic (exact) mass is 265 g/mol. The minimum atomic E-state index is -0.475. The fourth-order valence-electron chi connectivity index (χ4n) is 2.39. The summed E-state index contributed by atoms with van der Waals surface area (Å²) in [6.45, 7) is 6.17. The molecule has 1 fully saturated rings. The van der Waals surface area contributed by atoms with Crippen LogP contribution < -0.4 is 5.32 Å². The first kappa shape index (κ1) is 13.6. The first-order valence-corrected chi connectivity index (χ1v) is 6.45. The molecular formula is C13H19N3O3. The van der Waals surface area contributed by atoms with Crippen molar-refractivity contribution in [3.05, 3.63) is 28.3 Å². The third-order valence-corrected chi connectivity index (χ3v) is 3.49.